The van der Waals surface area contributed by atoms with Crippen molar-refractivity contribution < 1.29 is 0 Å². The molecule has 0 radical (unpaired) electrons. The van der Waals surface area contributed by atoms with E-state index in [1.165, 1.54) is 0 Å². The maximum atomic E-state index is 6.03. The molecule has 28 heavy (non-hydrogen) atoms. The van der Waals surface area contributed by atoms with Crippen molar-refractivity contribution in [2.75, 3.05) is 49.2 Å². The molecule has 0 bridgehead atoms. The summed E-state index contributed by atoms with van der Waals surface area (Å²) in [4.78, 5) is 18.1. The van der Waals surface area contributed by atoms with Gasteiger partial charge in [-0.25, -0.2) is 15.0 Å². The molecule has 3 heterocycles. The molecule has 1 aromatic carbocycles. The number of hydrogen-bond acceptors (Lipinski definition) is 7. The zero-order valence-corrected chi connectivity index (χ0v) is 16.3. The first-order valence-corrected chi connectivity index (χ1v) is 9.44. The molecule has 2 aromatic heterocycles. The molecule has 3 aromatic rings. The second kappa shape index (κ2) is 7.82. The second-order valence-electron chi connectivity index (χ2n) is 7.15. The molecule has 144 valence electrons. The number of anilines is 4. The third-order valence-electron chi connectivity index (χ3n) is 5.09. The summed E-state index contributed by atoms with van der Waals surface area (Å²) < 4.78 is 0. The highest BCUT2D eigenvalue weighted by Gasteiger charge is 2.14. The first kappa shape index (κ1) is 18.2. The van der Waals surface area contributed by atoms with Gasteiger partial charge in [-0.15, -0.1) is 0 Å². The summed E-state index contributed by atoms with van der Waals surface area (Å²) in [5, 5.41) is 3.19. The van der Waals surface area contributed by atoms with E-state index in [0.29, 0.717) is 5.95 Å². The molecule has 1 fully saturated rings. The molecule has 0 atom stereocenters. The van der Waals surface area contributed by atoms with Crippen LogP contribution in [0.5, 0.6) is 0 Å². The molecule has 4 rings (SSSR count). The third kappa shape index (κ3) is 4.04. The van der Waals surface area contributed by atoms with E-state index in [0.717, 1.165) is 60.2 Å². The fourth-order valence-electron chi connectivity index (χ4n) is 3.21. The Morgan fingerprint density at radius 3 is 2.54 bits per heavy atom. The van der Waals surface area contributed by atoms with Crippen LogP contribution in [0.2, 0.25) is 0 Å². The molecule has 1 saturated heterocycles. The molecular formula is C21H25N7. The highest BCUT2D eigenvalue weighted by atomic mass is 15.3. The Morgan fingerprint density at radius 1 is 1.00 bits per heavy atom. The normalized spacial score (nSPS) is 14.9. The number of rotatable bonds is 4. The highest BCUT2D eigenvalue weighted by molar-refractivity contribution is 5.67. The van der Waals surface area contributed by atoms with Crippen molar-refractivity contribution >= 4 is 23.1 Å². The summed E-state index contributed by atoms with van der Waals surface area (Å²) >= 11 is 0. The van der Waals surface area contributed by atoms with Crippen LogP contribution in [0.4, 0.5) is 23.1 Å². The lowest BCUT2D eigenvalue weighted by molar-refractivity contribution is 0.313. The molecular weight excluding hydrogens is 350 g/mol. The van der Waals surface area contributed by atoms with Crippen molar-refractivity contribution in [1.29, 1.82) is 0 Å². The Labute approximate surface area is 165 Å². The summed E-state index contributed by atoms with van der Waals surface area (Å²) in [6, 6.07) is 11.9. The van der Waals surface area contributed by atoms with Gasteiger partial charge in [-0.2, -0.15) is 0 Å². The summed E-state index contributed by atoms with van der Waals surface area (Å²) in [5.74, 6) is 1.23. The summed E-state index contributed by atoms with van der Waals surface area (Å²) in [5.41, 5.74) is 10.8. The lowest BCUT2D eigenvalue weighted by Crippen LogP contribution is -2.44. The third-order valence-corrected chi connectivity index (χ3v) is 5.09. The van der Waals surface area contributed by atoms with Crippen molar-refractivity contribution in [3.05, 3.63) is 54.4 Å². The van der Waals surface area contributed by atoms with E-state index >= 15 is 0 Å². The smallest absolute Gasteiger partial charge is 0.228 e. The van der Waals surface area contributed by atoms with Crippen LogP contribution in [0.15, 0.2) is 48.8 Å². The summed E-state index contributed by atoms with van der Waals surface area (Å²) in [6.45, 7) is 6.18. The lowest BCUT2D eigenvalue weighted by Gasteiger charge is -2.33. The standard InChI is InChI=1S/C21H25N7/c1-15-3-4-16(13-18(15)22)19-7-8-23-21(25-19)26-20-6-5-17(14-24-20)28-11-9-27(2)10-12-28/h3-8,13-14H,9-12,22H2,1-2H3,(H,23,24,25,26). The van der Waals surface area contributed by atoms with Gasteiger partial charge in [-0.05, 0) is 43.8 Å². The predicted octanol–water partition coefficient (Wildman–Crippen LogP) is 2.92. The largest absolute Gasteiger partial charge is 0.398 e. The predicted molar refractivity (Wildman–Crippen MR) is 114 cm³/mol. The Hall–Kier alpha value is -3.19. The van der Waals surface area contributed by atoms with Gasteiger partial charge in [0.05, 0.1) is 17.6 Å². The van der Waals surface area contributed by atoms with Gasteiger partial charge >= 0.3 is 0 Å². The number of nitrogens with zero attached hydrogens (tertiary/aromatic N) is 5. The minimum atomic E-state index is 0.511. The van der Waals surface area contributed by atoms with Crippen LogP contribution >= 0.6 is 0 Å². The van der Waals surface area contributed by atoms with E-state index < -0.39 is 0 Å². The molecule has 3 N–H and O–H groups in total. The number of likely N-dealkylation sites (N-methyl/N-ethyl adjacent to an activating group) is 1. The Morgan fingerprint density at radius 2 is 1.82 bits per heavy atom. The lowest BCUT2D eigenvalue weighted by atomic mass is 10.1. The first-order valence-electron chi connectivity index (χ1n) is 9.44. The molecule has 0 spiro atoms. The van der Waals surface area contributed by atoms with E-state index in [1.54, 1.807) is 6.20 Å². The highest BCUT2D eigenvalue weighted by Crippen LogP contribution is 2.23. The average Bonchev–Trinajstić information content (AvgIpc) is 2.71. The molecule has 7 nitrogen and oxygen atoms in total. The van der Waals surface area contributed by atoms with Crippen LogP contribution in [0.25, 0.3) is 11.3 Å². The Balaban J connectivity index is 1.47. The number of nitrogens with two attached hydrogens (primary N) is 1. The van der Waals surface area contributed by atoms with Crippen LogP contribution in [0.3, 0.4) is 0 Å². The van der Waals surface area contributed by atoms with Gasteiger partial charge in [0.2, 0.25) is 5.95 Å². The van der Waals surface area contributed by atoms with Crippen molar-refractivity contribution in [2.24, 2.45) is 0 Å². The number of piperazine rings is 1. The number of aromatic nitrogens is 3. The maximum Gasteiger partial charge on any atom is 0.228 e. The Kier molecular flexibility index (Phi) is 5.08. The zero-order valence-electron chi connectivity index (χ0n) is 16.3. The number of aryl methyl sites for hydroxylation is 1. The number of pyridine rings is 1. The van der Waals surface area contributed by atoms with E-state index in [-0.39, 0.29) is 0 Å². The van der Waals surface area contributed by atoms with E-state index in [4.69, 9.17) is 5.73 Å². The maximum absolute atomic E-state index is 6.03. The van der Waals surface area contributed by atoms with Crippen LogP contribution in [0, 0.1) is 6.92 Å². The topological polar surface area (TPSA) is 83.2 Å². The molecule has 7 heteroatoms. The molecule has 0 amide bonds. The van der Waals surface area contributed by atoms with E-state index in [2.05, 4.69) is 43.2 Å². The SMILES string of the molecule is Cc1ccc(-c2ccnc(Nc3ccc(N4CCN(C)CC4)cn3)n2)cc1N. The fourth-order valence-corrected chi connectivity index (χ4v) is 3.21. The molecule has 1 aliphatic heterocycles. The van der Waals surface area contributed by atoms with E-state index in [9.17, 15) is 0 Å². The number of nitrogens with one attached hydrogen (secondary N) is 1. The summed E-state index contributed by atoms with van der Waals surface area (Å²) in [6.07, 6.45) is 3.64. The van der Waals surface area contributed by atoms with Crippen molar-refractivity contribution in [1.82, 2.24) is 19.9 Å². The zero-order chi connectivity index (χ0) is 19.5. The van der Waals surface area contributed by atoms with Crippen molar-refractivity contribution in [3.63, 3.8) is 0 Å². The number of nitrogen functional groups attached to an aromatic ring is 1. The number of benzene rings is 1. The van der Waals surface area contributed by atoms with Gasteiger partial charge in [0.1, 0.15) is 5.82 Å². The molecule has 0 saturated carbocycles. The average molecular weight is 375 g/mol. The van der Waals surface area contributed by atoms with Gasteiger partial charge in [0.25, 0.3) is 0 Å². The molecule has 1 aliphatic rings. The minimum absolute atomic E-state index is 0.511. The first-order chi connectivity index (χ1) is 13.6. The van der Waals surface area contributed by atoms with E-state index in [1.807, 2.05) is 43.5 Å². The van der Waals surface area contributed by atoms with Gasteiger partial charge in [-0.3, -0.25) is 0 Å². The molecule has 0 aliphatic carbocycles. The number of hydrogen-bond donors (Lipinski definition) is 2. The minimum Gasteiger partial charge on any atom is -0.398 e. The van der Waals surface area contributed by atoms with Crippen LogP contribution in [-0.4, -0.2) is 53.1 Å². The quantitative estimate of drug-likeness (QED) is 0.678. The molecule has 0 unspecified atom stereocenters. The van der Waals surface area contributed by atoms with Gasteiger partial charge in [-0.1, -0.05) is 12.1 Å². The van der Waals surface area contributed by atoms with Crippen molar-refractivity contribution in [2.45, 2.75) is 6.92 Å². The van der Waals surface area contributed by atoms with Gasteiger partial charge in [0, 0.05) is 43.6 Å². The van der Waals surface area contributed by atoms with Crippen LogP contribution < -0.4 is 16.0 Å². The summed E-state index contributed by atoms with van der Waals surface area (Å²) in [7, 11) is 2.15. The monoisotopic (exact) mass is 375 g/mol. The second-order valence-corrected chi connectivity index (χ2v) is 7.15. The van der Waals surface area contributed by atoms with Gasteiger partial charge < -0.3 is 20.9 Å². The van der Waals surface area contributed by atoms with Gasteiger partial charge in [0.15, 0.2) is 0 Å². The fraction of sp³-hybridized carbons (Fsp3) is 0.286. The van der Waals surface area contributed by atoms with Crippen molar-refractivity contribution in [3.8, 4) is 11.3 Å². The van der Waals surface area contributed by atoms with Crippen LogP contribution in [-0.2, 0) is 0 Å². The van der Waals surface area contributed by atoms with Crippen LogP contribution in [0.1, 0.15) is 5.56 Å². The Bertz CT molecular complexity index is 947.